The quantitative estimate of drug-likeness (QED) is 0.116. The number of likely N-dealkylation sites (tertiary alicyclic amines) is 2. The van der Waals surface area contributed by atoms with Crippen LogP contribution in [-0.2, 0) is 30.0 Å². The zero-order chi connectivity index (χ0) is 41.6. The van der Waals surface area contributed by atoms with Crippen LogP contribution >= 0.6 is 0 Å². The number of nitrogens with zero attached hydrogens (tertiary/aromatic N) is 4. The predicted molar refractivity (Wildman–Crippen MR) is 225 cm³/mol. The van der Waals surface area contributed by atoms with Crippen molar-refractivity contribution in [2.24, 2.45) is 11.8 Å². The SMILES string of the molecule is COC(=O)NC(C(=O)N1CCCC1c1ncc(-c2ccc(C34CCC(c5cnc(C6CCCN6C(=O)C(NC(=O)C6CC6)c6ccccc6)[nH]5)(CC3)CC4)cc2)[nH]1)C(C)C. The van der Waals surface area contributed by atoms with Gasteiger partial charge in [0.25, 0.3) is 0 Å². The van der Waals surface area contributed by atoms with E-state index in [0.29, 0.717) is 13.1 Å². The summed E-state index contributed by atoms with van der Waals surface area (Å²) in [6.45, 7) is 5.10. The number of amides is 4. The van der Waals surface area contributed by atoms with Crippen LogP contribution < -0.4 is 10.6 Å². The zero-order valence-corrected chi connectivity index (χ0v) is 35.0. The maximum Gasteiger partial charge on any atom is 0.407 e. The van der Waals surface area contributed by atoms with E-state index in [0.717, 1.165) is 106 Å². The van der Waals surface area contributed by atoms with Gasteiger partial charge in [-0.1, -0.05) is 68.4 Å². The molecule has 4 atom stereocenters. The Kier molecular flexibility index (Phi) is 10.8. The van der Waals surface area contributed by atoms with Gasteiger partial charge in [0, 0.05) is 36.3 Å². The normalized spacial score (nSPS) is 25.9. The van der Waals surface area contributed by atoms with Gasteiger partial charge in [0.2, 0.25) is 17.7 Å². The molecule has 4 unspecified atom stereocenters. The van der Waals surface area contributed by atoms with Crippen LogP contribution in [0.2, 0.25) is 0 Å². The van der Waals surface area contributed by atoms with Crippen LogP contribution in [0.1, 0.15) is 137 Å². The standard InChI is InChI=1S/C47H58N8O5/c1-29(2)38(53-45(59)60-3)43(57)54-25-7-11-35(54)40-48-27-34(50-40)30-15-17-33(18-16-30)46-19-22-47(23-20-46,24-21-46)37-28-49-41(51-37)36-12-8-26-55(36)44(58)39(31-9-5-4-6-10-31)52-42(56)32-13-14-32/h4-6,9-10,15-18,27-29,32,35-36,38-39H,7-8,11-14,19-26H2,1-3H3,(H,48,50)(H,49,51)(H,52,56)(H,53,59). The van der Waals surface area contributed by atoms with Crippen molar-refractivity contribution in [1.82, 2.24) is 40.4 Å². The number of ether oxygens (including phenoxy) is 1. The number of aromatic nitrogens is 4. The molecule has 13 heteroatoms. The first-order valence-corrected chi connectivity index (χ1v) is 22.1. The minimum atomic E-state index is -0.703. The summed E-state index contributed by atoms with van der Waals surface area (Å²) >= 11 is 0. The van der Waals surface area contributed by atoms with E-state index < -0.39 is 18.2 Å². The number of imidazole rings is 2. The molecule has 6 aliphatic rings. The summed E-state index contributed by atoms with van der Waals surface area (Å²) in [6.07, 6.45) is 15.0. The number of nitrogens with one attached hydrogen (secondary N) is 4. The lowest BCUT2D eigenvalue weighted by Crippen LogP contribution is -2.51. The van der Waals surface area contributed by atoms with E-state index in [1.165, 1.54) is 18.4 Å². The molecule has 4 aliphatic carbocycles. The van der Waals surface area contributed by atoms with Gasteiger partial charge in [-0.05, 0) is 105 Å². The molecule has 13 nitrogen and oxygen atoms in total. The fourth-order valence-corrected chi connectivity index (χ4v) is 10.7. The number of aromatic amines is 2. The molecule has 6 fully saturated rings. The molecular formula is C47H58N8O5. The molecule has 316 valence electrons. The molecule has 2 aromatic heterocycles. The van der Waals surface area contributed by atoms with Crippen molar-refractivity contribution in [1.29, 1.82) is 0 Å². The van der Waals surface area contributed by atoms with Gasteiger partial charge in [-0.3, -0.25) is 14.4 Å². The highest BCUT2D eigenvalue weighted by atomic mass is 16.5. The largest absolute Gasteiger partial charge is 0.453 e. The molecule has 4 amide bonds. The highest BCUT2D eigenvalue weighted by Crippen LogP contribution is 2.58. The number of carbonyl (C=O) groups excluding carboxylic acids is 4. The topological polar surface area (TPSA) is 165 Å². The average Bonchev–Trinajstić information content (AvgIpc) is 3.74. The second kappa shape index (κ2) is 16.2. The number of carbonyl (C=O) groups is 4. The lowest BCUT2D eigenvalue weighted by molar-refractivity contribution is -0.138. The van der Waals surface area contributed by atoms with Crippen molar-refractivity contribution in [3.8, 4) is 11.3 Å². The van der Waals surface area contributed by atoms with Gasteiger partial charge in [0.05, 0.1) is 31.1 Å². The van der Waals surface area contributed by atoms with Gasteiger partial charge < -0.3 is 35.1 Å². The second-order valence-corrected chi connectivity index (χ2v) is 18.4. The Bertz CT molecular complexity index is 2190. The van der Waals surface area contributed by atoms with E-state index in [4.69, 9.17) is 14.7 Å². The molecule has 2 aromatic carbocycles. The first-order valence-electron chi connectivity index (χ1n) is 22.1. The molecule has 4 heterocycles. The van der Waals surface area contributed by atoms with Crippen molar-refractivity contribution >= 4 is 23.8 Å². The Hall–Kier alpha value is -5.46. The molecule has 2 bridgehead atoms. The Morgan fingerprint density at radius 3 is 1.95 bits per heavy atom. The number of benzene rings is 2. The highest BCUT2D eigenvalue weighted by molar-refractivity contribution is 5.90. The lowest BCUT2D eigenvalue weighted by atomic mass is 9.51. The maximum atomic E-state index is 14.2. The fraction of sp³-hybridized carbons (Fsp3) is 0.532. The summed E-state index contributed by atoms with van der Waals surface area (Å²) in [5, 5.41) is 5.81. The number of H-pyrrole nitrogens is 2. The van der Waals surface area contributed by atoms with Gasteiger partial charge in [-0.15, -0.1) is 0 Å². The van der Waals surface area contributed by atoms with Crippen molar-refractivity contribution in [3.63, 3.8) is 0 Å². The van der Waals surface area contributed by atoms with Crippen LogP contribution in [0.4, 0.5) is 4.79 Å². The second-order valence-electron chi connectivity index (χ2n) is 18.4. The molecule has 60 heavy (non-hydrogen) atoms. The Morgan fingerprint density at radius 1 is 0.733 bits per heavy atom. The van der Waals surface area contributed by atoms with E-state index in [1.54, 1.807) is 0 Å². The Morgan fingerprint density at radius 2 is 1.33 bits per heavy atom. The van der Waals surface area contributed by atoms with Crippen molar-refractivity contribution in [2.75, 3.05) is 20.2 Å². The Balaban J connectivity index is 0.847. The van der Waals surface area contributed by atoms with E-state index in [9.17, 15) is 19.2 Å². The van der Waals surface area contributed by atoms with Crippen LogP contribution in [-0.4, -0.2) is 79.8 Å². The zero-order valence-electron chi connectivity index (χ0n) is 35.0. The van der Waals surface area contributed by atoms with Gasteiger partial charge in [0.1, 0.15) is 23.7 Å². The monoisotopic (exact) mass is 814 g/mol. The molecule has 4 saturated carbocycles. The van der Waals surface area contributed by atoms with Crippen LogP contribution in [0.15, 0.2) is 67.0 Å². The molecule has 4 N–H and O–H groups in total. The molecular weight excluding hydrogens is 757 g/mol. The molecule has 10 rings (SSSR count). The number of rotatable bonds is 12. The third-order valence-corrected chi connectivity index (χ3v) is 14.5. The summed E-state index contributed by atoms with van der Waals surface area (Å²) in [5.41, 5.74) is 5.57. The van der Waals surface area contributed by atoms with Crippen molar-refractivity contribution < 1.29 is 23.9 Å². The molecule has 2 aliphatic heterocycles. The van der Waals surface area contributed by atoms with E-state index in [-0.39, 0.29) is 52.5 Å². The van der Waals surface area contributed by atoms with Crippen LogP contribution in [0.5, 0.6) is 0 Å². The van der Waals surface area contributed by atoms with Gasteiger partial charge in [-0.2, -0.15) is 0 Å². The molecule has 0 spiro atoms. The predicted octanol–water partition coefficient (Wildman–Crippen LogP) is 7.32. The van der Waals surface area contributed by atoms with Crippen molar-refractivity contribution in [3.05, 3.63) is 95.5 Å². The molecule has 0 radical (unpaired) electrons. The van der Waals surface area contributed by atoms with Gasteiger partial charge in [0.15, 0.2) is 0 Å². The highest BCUT2D eigenvalue weighted by Gasteiger charge is 2.51. The lowest BCUT2D eigenvalue weighted by Gasteiger charge is -2.53. The number of fused-ring (bicyclic) bond motifs is 3. The van der Waals surface area contributed by atoms with Gasteiger partial charge in [-0.25, -0.2) is 14.8 Å². The third-order valence-electron chi connectivity index (χ3n) is 14.5. The number of alkyl carbamates (subject to hydrolysis) is 1. The van der Waals surface area contributed by atoms with E-state index in [2.05, 4.69) is 44.9 Å². The minimum absolute atomic E-state index is 0.0171. The summed E-state index contributed by atoms with van der Waals surface area (Å²) in [6, 6.07) is 16.9. The Labute approximate surface area is 351 Å². The number of hydrogen-bond acceptors (Lipinski definition) is 7. The first-order chi connectivity index (χ1) is 29.1. The van der Waals surface area contributed by atoms with Crippen LogP contribution in [0.3, 0.4) is 0 Å². The summed E-state index contributed by atoms with van der Waals surface area (Å²) < 4.78 is 4.79. The number of methoxy groups -OCH3 is 1. The molecule has 4 aromatic rings. The summed E-state index contributed by atoms with van der Waals surface area (Å²) in [4.78, 5) is 73.5. The third kappa shape index (κ3) is 7.49. The summed E-state index contributed by atoms with van der Waals surface area (Å²) in [7, 11) is 1.30. The van der Waals surface area contributed by atoms with Crippen molar-refractivity contribution in [2.45, 2.75) is 126 Å². The van der Waals surface area contributed by atoms with E-state index >= 15 is 0 Å². The molecule has 2 saturated heterocycles. The van der Waals surface area contributed by atoms with Crippen LogP contribution in [0.25, 0.3) is 11.3 Å². The number of hydrogen-bond donors (Lipinski definition) is 4. The van der Waals surface area contributed by atoms with Gasteiger partial charge >= 0.3 is 6.09 Å². The first kappa shape index (κ1) is 40.0. The fourth-order valence-electron chi connectivity index (χ4n) is 10.7. The summed E-state index contributed by atoms with van der Waals surface area (Å²) in [5.74, 6) is 1.33. The average molecular weight is 815 g/mol. The smallest absolute Gasteiger partial charge is 0.407 e. The van der Waals surface area contributed by atoms with E-state index in [1.807, 2.05) is 66.4 Å². The van der Waals surface area contributed by atoms with Crippen LogP contribution in [0, 0.1) is 11.8 Å². The maximum absolute atomic E-state index is 14.2. The minimum Gasteiger partial charge on any atom is -0.453 e.